The maximum atomic E-state index is 11.6. The highest BCUT2D eigenvalue weighted by molar-refractivity contribution is 5.77. The van der Waals surface area contributed by atoms with Crippen LogP contribution >= 0.6 is 0 Å². The van der Waals surface area contributed by atoms with Gasteiger partial charge in [-0.2, -0.15) is 0 Å². The molecule has 0 spiro atoms. The maximum Gasteiger partial charge on any atom is 0.315 e. The minimum Gasteiger partial charge on any atom is -0.466 e. The third kappa shape index (κ3) is 6.81. The van der Waals surface area contributed by atoms with E-state index in [1.807, 2.05) is 20.8 Å². The fraction of sp³-hybridized carbons (Fsp3) is 0.833. The topological polar surface area (TPSA) is 67.4 Å². The summed E-state index contributed by atoms with van der Waals surface area (Å²) in [6.45, 7) is 11.3. The van der Waals surface area contributed by atoms with Crippen LogP contribution in [0.5, 0.6) is 0 Å². The average molecular weight is 244 g/mol. The lowest BCUT2D eigenvalue weighted by molar-refractivity contribution is -0.148. The molecule has 0 saturated heterocycles. The summed E-state index contributed by atoms with van der Waals surface area (Å²) in [6, 6.07) is -0.544. The van der Waals surface area contributed by atoms with Gasteiger partial charge >= 0.3 is 12.0 Å². The van der Waals surface area contributed by atoms with Crippen molar-refractivity contribution in [1.29, 1.82) is 0 Å². The number of ether oxygens (including phenoxy) is 1. The van der Waals surface area contributed by atoms with Crippen molar-refractivity contribution in [1.82, 2.24) is 10.6 Å². The number of urea groups is 1. The van der Waals surface area contributed by atoms with Crippen LogP contribution in [0.3, 0.4) is 0 Å². The van der Waals surface area contributed by atoms with Gasteiger partial charge in [0.1, 0.15) is 0 Å². The normalized spacial score (nSPS) is 14.7. The Labute approximate surface area is 103 Å². The molecule has 0 aliphatic heterocycles. The van der Waals surface area contributed by atoms with Gasteiger partial charge in [-0.3, -0.25) is 4.79 Å². The molecule has 0 heterocycles. The SMILES string of the molecule is CCOC(=O)[C@@H](C)[C@H](C)NC(=O)NC(C)(C)C. The van der Waals surface area contributed by atoms with E-state index in [1.54, 1.807) is 20.8 Å². The van der Waals surface area contributed by atoms with E-state index in [0.29, 0.717) is 6.61 Å². The van der Waals surface area contributed by atoms with Gasteiger partial charge in [-0.15, -0.1) is 0 Å². The standard InChI is InChI=1S/C12H24N2O3/c1-7-17-10(15)8(2)9(3)13-11(16)14-12(4,5)6/h8-9H,7H2,1-6H3,(H2,13,14,16)/t8-,9-/m0/s1. The van der Waals surface area contributed by atoms with Gasteiger partial charge in [0.05, 0.1) is 12.5 Å². The Hall–Kier alpha value is -1.26. The Kier molecular flexibility index (Phi) is 5.99. The van der Waals surface area contributed by atoms with Crippen LogP contribution in [0.2, 0.25) is 0 Å². The van der Waals surface area contributed by atoms with Gasteiger partial charge in [-0.05, 0) is 41.5 Å². The largest absolute Gasteiger partial charge is 0.466 e. The van der Waals surface area contributed by atoms with Crippen molar-refractivity contribution >= 4 is 12.0 Å². The molecule has 0 fully saturated rings. The zero-order valence-corrected chi connectivity index (χ0v) is 11.6. The summed E-state index contributed by atoms with van der Waals surface area (Å²) >= 11 is 0. The van der Waals surface area contributed by atoms with E-state index in [9.17, 15) is 9.59 Å². The molecule has 0 aromatic carbocycles. The zero-order valence-electron chi connectivity index (χ0n) is 11.6. The monoisotopic (exact) mass is 244 g/mol. The first-order valence-electron chi connectivity index (χ1n) is 5.92. The van der Waals surface area contributed by atoms with Gasteiger partial charge in [-0.1, -0.05) is 0 Å². The molecular weight excluding hydrogens is 220 g/mol. The fourth-order valence-electron chi connectivity index (χ4n) is 1.19. The number of hydrogen-bond donors (Lipinski definition) is 2. The Morgan fingerprint density at radius 1 is 1.24 bits per heavy atom. The van der Waals surface area contributed by atoms with Crippen molar-refractivity contribution in [2.24, 2.45) is 5.92 Å². The van der Waals surface area contributed by atoms with Crippen LogP contribution in [0.25, 0.3) is 0 Å². The summed E-state index contributed by atoms with van der Waals surface area (Å²) in [7, 11) is 0. The van der Waals surface area contributed by atoms with E-state index in [-0.39, 0.29) is 29.5 Å². The van der Waals surface area contributed by atoms with Crippen molar-refractivity contribution in [2.45, 2.75) is 53.1 Å². The number of amides is 2. The van der Waals surface area contributed by atoms with Crippen molar-refractivity contribution in [3.8, 4) is 0 Å². The van der Waals surface area contributed by atoms with E-state index >= 15 is 0 Å². The number of rotatable bonds is 4. The lowest BCUT2D eigenvalue weighted by atomic mass is 10.0. The Balaban J connectivity index is 4.20. The van der Waals surface area contributed by atoms with E-state index in [2.05, 4.69) is 10.6 Å². The van der Waals surface area contributed by atoms with E-state index < -0.39 is 0 Å². The molecule has 0 rings (SSSR count). The molecule has 0 aromatic rings. The highest BCUT2D eigenvalue weighted by Crippen LogP contribution is 2.06. The molecule has 2 amide bonds. The zero-order chi connectivity index (χ0) is 13.6. The van der Waals surface area contributed by atoms with Crippen LogP contribution in [0.15, 0.2) is 0 Å². The molecule has 5 heteroatoms. The van der Waals surface area contributed by atoms with Gasteiger partial charge in [0, 0.05) is 11.6 Å². The van der Waals surface area contributed by atoms with Crippen molar-refractivity contribution in [3.05, 3.63) is 0 Å². The molecule has 2 atom stereocenters. The summed E-state index contributed by atoms with van der Waals surface area (Å²) < 4.78 is 4.90. The Morgan fingerprint density at radius 3 is 2.18 bits per heavy atom. The predicted molar refractivity (Wildman–Crippen MR) is 66.7 cm³/mol. The molecule has 0 bridgehead atoms. The highest BCUT2D eigenvalue weighted by atomic mass is 16.5. The summed E-state index contributed by atoms with van der Waals surface area (Å²) in [5.74, 6) is -0.656. The predicted octanol–water partition coefficient (Wildman–Crippen LogP) is 1.67. The van der Waals surface area contributed by atoms with Crippen LogP contribution in [0.4, 0.5) is 4.79 Å². The smallest absolute Gasteiger partial charge is 0.315 e. The number of carbonyl (C=O) groups is 2. The summed E-state index contributed by atoms with van der Waals surface area (Å²) in [5, 5.41) is 5.50. The average Bonchev–Trinajstić information content (AvgIpc) is 2.13. The lowest BCUT2D eigenvalue weighted by Gasteiger charge is -2.24. The minimum absolute atomic E-state index is 0.267. The first kappa shape index (κ1) is 15.7. The summed E-state index contributed by atoms with van der Waals surface area (Å²) in [5.41, 5.74) is -0.295. The molecule has 0 unspecified atom stereocenters. The molecule has 0 radical (unpaired) electrons. The second kappa shape index (κ2) is 6.47. The van der Waals surface area contributed by atoms with Crippen LogP contribution in [-0.2, 0) is 9.53 Å². The maximum absolute atomic E-state index is 11.6. The third-order valence-electron chi connectivity index (χ3n) is 2.26. The van der Waals surface area contributed by atoms with Crippen molar-refractivity contribution in [2.75, 3.05) is 6.61 Å². The van der Waals surface area contributed by atoms with E-state index in [1.165, 1.54) is 0 Å². The first-order chi connectivity index (χ1) is 7.67. The third-order valence-corrected chi connectivity index (χ3v) is 2.26. The summed E-state index contributed by atoms with van der Waals surface area (Å²) in [6.07, 6.45) is 0. The van der Waals surface area contributed by atoms with Crippen LogP contribution in [-0.4, -0.2) is 30.2 Å². The van der Waals surface area contributed by atoms with Crippen molar-refractivity contribution in [3.63, 3.8) is 0 Å². The van der Waals surface area contributed by atoms with E-state index in [4.69, 9.17) is 4.74 Å². The summed E-state index contributed by atoms with van der Waals surface area (Å²) in [4.78, 5) is 23.0. The second-order valence-electron chi connectivity index (χ2n) is 5.18. The van der Waals surface area contributed by atoms with Crippen molar-refractivity contribution < 1.29 is 14.3 Å². The Bertz CT molecular complexity index is 271. The molecule has 0 aromatic heterocycles. The number of carbonyl (C=O) groups excluding carboxylic acids is 2. The van der Waals surface area contributed by atoms with Gasteiger partial charge in [0.15, 0.2) is 0 Å². The molecule has 100 valence electrons. The molecule has 0 aliphatic rings. The Morgan fingerprint density at radius 2 is 1.76 bits per heavy atom. The molecule has 0 saturated carbocycles. The molecular formula is C12H24N2O3. The van der Waals surface area contributed by atoms with Gasteiger partial charge in [0.25, 0.3) is 0 Å². The highest BCUT2D eigenvalue weighted by Gasteiger charge is 2.24. The molecule has 0 aliphatic carbocycles. The van der Waals surface area contributed by atoms with Gasteiger partial charge < -0.3 is 15.4 Å². The fourth-order valence-corrected chi connectivity index (χ4v) is 1.19. The first-order valence-corrected chi connectivity index (χ1v) is 5.92. The van der Waals surface area contributed by atoms with Crippen LogP contribution < -0.4 is 10.6 Å². The lowest BCUT2D eigenvalue weighted by Crippen LogP contribution is -2.51. The van der Waals surface area contributed by atoms with Crippen LogP contribution in [0, 0.1) is 5.92 Å². The molecule has 17 heavy (non-hydrogen) atoms. The molecule has 5 nitrogen and oxygen atoms in total. The van der Waals surface area contributed by atoms with Gasteiger partial charge in [0.2, 0.25) is 0 Å². The number of hydrogen-bond acceptors (Lipinski definition) is 3. The number of nitrogens with one attached hydrogen (secondary N) is 2. The van der Waals surface area contributed by atoms with E-state index in [0.717, 1.165) is 0 Å². The second-order valence-corrected chi connectivity index (χ2v) is 5.18. The molecule has 2 N–H and O–H groups in total. The van der Waals surface area contributed by atoms with Gasteiger partial charge in [-0.25, -0.2) is 4.79 Å². The van der Waals surface area contributed by atoms with Crippen LogP contribution in [0.1, 0.15) is 41.5 Å². The number of esters is 1. The quantitative estimate of drug-likeness (QED) is 0.739. The minimum atomic E-state index is -0.360.